The van der Waals surface area contributed by atoms with Crippen LogP contribution in [0.4, 0.5) is 0 Å². The summed E-state index contributed by atoms with van der Waals surface area (Å²) in [4.78, 5) is 39.7. The van der Waals surface area contributed by atoms with Crippen LogP contribution in [0, 0.1) is 5.41 Å². The zero-order chi connectivity index (χ0) is 20.9. The molecule has 0 saturated heterocycles. The van der Waals surface area contributed by atoms with Gasteiger partial charge in [0.2, 0.25) is 0 Å². The lowest BCUT2D eigenvalue weighted by atomic mass is 9.56. The summed E-state index contributed by atoms with van der Waals surface area (Å²) < 4.78 is 10.9. The Labute approximate surface area is 171 Å². The van der Waals surface area contributed by atoms with Gasteiger partial charge in [-0.15, -0.1) is 0 Å². The van der Waals surface area contributed by atoms with Gasteiger partial charge >= 0.3 is 11.9 Å². The molecule has 2 aromatic rings. The average Bonchev–Trinajstić information content (AvgIpc) is 2.74. The molecule has 1 saturated carbocycles. The maximum atomic E-state index is 13.5. The third kappa shape index (κ3) is 3.82. The van der Waals surface area contributed by atoms with Crippen molar-refractivity contribution in [3.63, 3.8) is 0 Å². The zero-order valence-corrected chi connectivity index (χ0v) is 16.8. The van der Waals surface area contributed by atoms with E-state index < -0.39 is 29.2 Å². The number of benzene rings is 2. The van der Waals surface area contributed by atoms with Crippen LogP contribution in [0.1, 0.15) is 49.7 Å². The predicted octanol–water partition coefficient (Wildman–Crippen LogP) is 4.03. The van der Waals surface area contributed by atoms with Crippen molar-refractivity contribution in [1.82, 2.24) is 0 Å². The molecule has 0 unspecified atom stereocenters. The smallest absolute Gasteiger partial charge is 0.324 e. The summed E-state index contributed by atoms with van der Waals surface area (Å²) in [5.41, 5.74) is -0.118. The Hall–Kier alpha value is -2.95. The van der Waals surface area contributed by atoms with Crippen molar-refractivity contribution in [3.8, 4) is 0 Å². The van der Waals surface area contributed by atoms with Crippen LogP contribution in [0.15, 0.2) is 60.7 Å². The van der Waals surface area contributed by atoms with Gasteiger partial charge in [-0.1, -0.05) is 60.7 Å². The van der Waals surface area contributed by atoms with E-state index >= 15 is 0 Å². The molecule has 0 spiro atoms. The zero-order valence-electron chi connectivity index (χ0n) is 16.8. The number of ether oxygens (including phenoxy) is 2. The molecule has 0 radical (unpaired) electrons. The molecule has 29 heavy (non-hydrogen) atoms. The van der Waals surface area contributed by atoms with Crippen molar-refractivity contribution in [2.45, 2.75) is 38.5 Å². The number of hydrogen-bond acceptors (Lipinski definition) is 5. The monoisotopic (exact) mass is 394 g/mol. The van der Waals surface area contributed by atoms with E-state index in [4.69, 9.17) is 9.47 Å². The lowest BCUT2D eigenvalue weighted by Crippen LogP contribution is -2.54. The SMILES string of the molecule is CCOC(=O)C1(C(=O)OCC)[C@@H](c2ccccc2)CC(=O)C[C@H]1c1ccccc1. The molecule has 0 heterocycles. The van der Waals surface area contributed by atoms with Gasteiger partial charge < -0.3 is 9.47 Å². The molecule has 1 fully saturated rings. The highest BCUT2D eigenvalue weighted by Crippen LogP contribution is 2.55. The molecule has 0 aliphatic heterocycles. The highest BCUT2D eigenvalue weighted by Gasteiger charge is 2.63. The van der Waals surface area contributed by atoms with Crippen LogP contribution >= 0.6 is 0 Å². The van der Waals surface area contributed by atoms with Crippen LogP contribution in [0.25, 0.3) is 0 Å². The molecule has 5 heteroatoms. The molecule has 0 amide bonds. The van der Waals surface area contributed by atoms with Crippen LogP contribution in [0.2, 0.25) is 0 Å². The normalized spacial score (nSPS) is 20.7. The molecule has 0 aromatic heterocycles. The molecule has 2 atom stereocenters. The predicted molar refractivity (Wildman–Crippen MR) is 108 cm³/mol. The van der Waals surface area contributed by atoms with Crippen molar-refractivity contribution in [3.05, 3.63) is 71.8 Å². The summed E-state index contributed by atoms with van der Waals surface area (Å²) >= 11 is 0. The van der Waals surface area contributed by atoms with Crippen molar-refractivity contribution < 1.29 is 23.9 Å². The Morgan fingerprint density at radius 1 is 0.793 bits per heavy atom. The first-order valence-corrected chi connectivity index (χ1v) is 10.0. The van der Waals surface area contributed by atoms with E-state index in [1.807, 2.05) is 60.7 Å². The van der Waals surface area contributed by atoms with Gasteiger partial charge in [0.1, 0.15) is 5.78 Å². The Morgan fingerprint density at radius 2 is 1.17 bits per heavy atom. The van der Waals surface area contributed by atoms with Gasteiger partial charge in [0, 0.05) is 24.7 Å². The van der Waals surface area contributed by atoms with Gasteiger partial charge in [0.25, 0.3) is 0 Å². The standard InChI is InChI=1S/C24H26O5/c1-3-28-22(26)24(23(27)29-4-2)20(17-11-7-5-8-12-17)15-19(25)16-21(24)18-13-9-6-10-14-18/h5-14,20-21H,3-4,15-16H2,1-2H3/t20-,21+. The first kappa shape index (κ1) is 20.8. The van der Waals surface area contributed by atoms with Crippen LogP contribution < -0.4 is 0 Å². The van der Waals surface area contributed by atoms with Crippen LogP contribution in [0.3, 0.4) is 0 Å². The summed E-state index contributed by atoms with van der Waals surface area (Å²) in [6.07, 6.45) is 0.177. The molecule has 3 rings (SSSR count). The second-order valence-electron chi connectivity index (χ2n) is 7.18. The summed E-state index contributed by atoms with van der Waals surface area (Å²) in [7, 11) is 0. The number of ketones is 1. The third-order valence-electron chi connectivity index (χ3n) is 5.59. The number of carbonyl (C=O) groups excluding carboxylic acids is 3. The van der Waals surface area contributed by atoms with Crippen molar-refractivity contribution in [1.29, 1.82) is 0 Å². The Balaban J connectivity index is 2.28. The van der Waals surface area contributed by atoms with Crippen LogP contribution in [0.5, 0.6) is 0 Å². The third-order valence-corrected chi connectivity index (χ3v) is 5.59. The van der Waals surface area contributed by atoms with E-state index in [9.17, 15) is 14.4 Å². The molecule has 5 nitrogen and oxygen atoms in total. The second-order valence-corrected chi connectivity index (χ2v) is 7.18. The largest absolute Gasteiger partial charge is 0.465 e. The number of hydrogen-bond donors (Lipinski definition) is 0. The van der Waals surface area contributed by atoms with Crippen LogP contribution in [-0.4, -0.2) is 30.9 Å². The lowest BCUT2D eigenvalue weighted by molar-refractivity contribution is -0.178. The molecule has 2 aromatic carbocycles. The van der Waals surface area contributed by atoms with Crippen molar-refractivity contribution in [2.75, 3.05) is 13.2 Å². The Bertz CT molecular complexity index is 788. The summed E-state index contributed by atoms with van der Waals surface area (Å²) in [6.45, 7) is 3.69. The number of Topliss-reactive ketones (excluding diaryl/α,β-unsaturated/α-hetero) is 1. The lowest BCUT2D eigenvalue weighted by Gasteiger charge is -2.45. The van der Waals surface area contributed by atoms with Crippen LogP contribution in [-0.2, 0) is 23.9 Å². The highest BCUT2D eigenvalue weighted by atomic mass is 16.6. The number of rotatable bonds is 6. The van der Waals surface area contributed by atoms with Gasteiger partial charge in [-0.25, -0.2) is 0 Å². The molecular formula is C24H26O5. The highest BCUT2D eigenvalue weighted by molar-refractivity contribution is 6.05. The molecule has 1 aliphatic carbocycles. The number of carbonyl (C=O) groups is 3. The minimum atomic E-state index is -1.62. The topological polar surface area (TPSA) is 69.7 Å². The van der Waals surface area contributed by atoms with Gasteiger partial charge in [-0.2, -0.15) is 0 Å². The van der Waals surface area contributed by atoms with E-state index in [0.29, 0.717) is 0 Å². The van der Waals surface area contributed by atoms with E-state index in [2.05, 4.69) is 0 Å². The minimum Gasteiger partial charge on any atom is -0.465 e. The van der Waals surface area contributed by atoms with Crippen molar-refractivity contribution >= 4 is 17.7 Å². The Kier molecular flexibility index (Phi) is 6.47. The van der Waals surface area contributed by atoms with Gasteiger partial charge in [-0.3, -0.25) is 14.4 Å². The van der Waals surface area contributed by atoms with Crippen molar-refractivity contribution in [2.24, 2.45) is 5.41 Å². The quantitative estimate of drug-likeness (QED) is 0.546. The fourth-order valence-corrected chi connectivity index (χ4v) is 4.39. The average molecular weight is 394 g/mol. The first-order valence-electron chi connectivity index (χ1n) is 10.0. The molecule has 0 N–H and O–H groups in total. The summed E-state index contributed by atoms with van der Waals surface area (Å²) in [5, 5.41) is 0. The molecule has 152 valence electrons. The molecule has 1 aliphatic rings. The molecular weight excluding hydrogens is 368 g/mol. The fraction of sp³-hybridized carbons (Fsp3) is 0.375. The van der Waals surface area contributed by atoms with E-state index in [1.54, 1.807) is 13.8 Å². The summed E-state index contributed by atoms with van der Waals surface area (Å²) in [5.74, 6) is -2.57. The van der Waals surface area contributed by atoms with Gasteiger partial charge in [0.15, 0.2) is 5.41 Å². The Morgan fingerprint density at radius 3 is 1.52 bits per heavy atom. The fourth-order valence-electron chi connectivity index (χ4n) is 4.39. The summed E-state index contributed by atoms with van der Waals surface area (Å²) in [6, 6.07) is 18.5. The van der Waals surface area contributed by atoms with E-state index in [1.165, 1.54) is 0 Å². The van der Waals surface area contributed by atoms with Gasteiger partial charge in [-0.05, 0) is 25.0 Å². The van der Waals surface area contributed by atoms with E-state index in [0.717, 1.165) is 11.1 Å². The number of esters is 2. The van der Waals surface area contributed by atoms with Gasteiger partial charge in [0.05, 0.1) is 13.2 Å². The van der Waals surface area contributed by atoms with E-state index in [-0.39, 0.29) is 31.8 Å². The first-order chi connectivity index (χ1) is 14.1. The molecule has 0 bridgehead atoms. The minimum absolute atomic E-state index is 0.0110. The maximum absolute atomic E-state index is 13.5. The second kappa shape index (κ2) is 9.03. The maximum Gasteiger partial charge on any atom is 0.324 e.